The third-order valence-electron chi connectivity index (χ3n) is 5.43. The van der Waals surface area contributed by atoms with Crippen LogP contribution in [0, 0.1) is 0 Å². The van der Waals surface area contributed by atoms with Gasteiger partial charge in [-0.3, -0.25) is 4.57 Å². The highest BCUT2D eigenvalue weighted by Crippen LogP contribution is 2.38. The Bertz CT molecular complexity index is 1580. The first-order chi connectivity index (χ1) is 16.7. The Labute approximate surface area is 201 Å². The molecule has 0 radical (unpaired) electrons. The molecule has 5 rings (SSSR count). The predicted molar refractivity (Wildman–Crippen MR) is 126 cm³/mol. The largest absolute Gasteiger partial charge is 0.457 e. The molecule has 0 aliphatic carbocycles. The number of carbonyl (C=O) groups is 1. The number of ether oxygens (including phenoxy) is 1. The number of carbonyl (C=O) groups excluding carboxylic acids is 1. The van der Waals surface area contributed by atoms with E-state index >= 15 is 0 Å². The van der Waals surface area contributed by atoms with Crippen molar-refractivity contribution in [1.82, 2.24) is 14.5 Å². The number of nitrogen functional groups attached to an aromatic ring is 1. The lowest BCUT2D eigenvalue weighted by atomic mass is 10.2. The number of nitrogens with zero attached hydrogens (tertiary/aromatic N) is 3. The second kappa shape index (κ2) is 8.59. The maximum Gasteiger partial charge on any atom is 0.417 e. The van der Waals surface area contributed by atoms with Crippen molar-refractivity contribution in [1.29, 1.82) is 0 Å². The second-order valence-electron chi connectivity index (χ2n) is 7.70. The van der Waals surface area contributed by atoms with Gasteiger partial charge in [-0.15, -0.1) is 0 Å². The number of nitrogens with two attached hydrogens (primary N) is 1. The number of alkyl halides is 3. The summed E-state index contributed by atoms with van der Waals surface area (Å²) >= 11 is 5.80. The first kappa shape index (κ1) is 22.7. The lowest BCUT2D eigenvalue weighted by Crippen LogP contribution is -2.10. The average Bonchev–Trinajstić information content (AvgIpc) is 3.12. The van der Waals surface area contributed by atoms with Gasteiger partial charge in [0.15, 0.2) is 5.65 Å². The van der Waals surface area contributed by atoms with Crippen molar-refractivity contribution in [2.45, 2.75) is 12.8 Å². The van der Waals surface area contributed by atoms with Crippen LogP contribution in [0.25, 0.3) is 27.9 Å². The molecule has 3 aromatic carbocycles. The zero-order chi connectivity index (χ0) is 24.7. The fraction of sp³-hybridized carbons (Fsp3) is 0.0800. The molecule has 6 nitrogen and oxygen atoms in total. The fourth-order valence-corrected chi connectivity index (χ4v) is 4.01. The summed E-state index contributed by atoms with van der Waals surface area (Å²) in [5, 5.41) is -0.463. The SMILES string of the molecule is Nc1c(C(=O)OCc2ccccc2)c2nc3ccccc3nc2n1-c1ccc(Cl)c(C(F)(F)F)c1. The van der Waals surface area contributed by atoms with Crippen LogP contribution in [0.3, 0.4) is 0 Å². The van der Waals surface area contributed by atoms with Crippen LogP contribution in [-0.4, -0.2) is 20.5 Å². The van der Waals surface area contributed by atoms with Crippen LogP contribution >= 0.6 is 11.6 Å². The van der Waals surface area contributed by atoms with Crippen molar-refractivity contribution < 1.29 is 22.7 Å². The molecule has 176 valence electrons. The molecule has 0 bridgehead atoms. The maximum absolute atomic E-state index is 13.5. The van der Waals surface area contributed by atoms with E-state index in [0.29, 0.717) is 11.0 Å². The van der Waals surface area contributed by atoms with Gasteiger partial charge in [0.1, 0.15) is 23.5 Å². The Morgan fingerprint density at radius 1 is 0.971 bits per heavy atom. The summed E-state index contributed by atoms with van der Waals surface area (Å²) in [4.78, 5) is 22.2. The number of aromatic nitrogens is 3. The zero-order valence-corrected chi connectivity index (χ0v) is 18.6. The van der Waals surface area contributed by atoms with Gasteiger partial charge in [-0.05, 0) is 35.9 Å². The van der Waals surface area contributed by atoms with E-state index in [2.05, 4.69) is 9.97 Å². The van der Waals surface area contributed by atoms with E-state index in [1.807, 2.05) is 6.07 Å². The highest BCUT2D eigenvalue weighted by molar-refractivity contribution is 6.31. The minimum Gasteiger partial charge on any atom is -0.457 e. The monoisotopic (exact) mass is 496 g/mol. The summed E-state index contributed by atoms with van der Waals surface area (Å²) in [6, 6.07) is 19.3. The maximum atomic E-state index is 13.5. The smallest absolute Gasteiger partial charge is 0.417 e. The van der Waals surface area contributed by atoms with Crippen LogP contribution < -0.4 is 5.73 Å². The van der Waals surface area contributed by atoms with E-state index in [1.54, 1.807) is 48.5 Å². The van der Waals surface area contributed by atoms with Crippen molar-refractivity contribution in [2.24, 2.45) is 0 Å². The Morgan fingerprint density at radius 2 is 1.63 bits per heavy atom. The highest BCUT2D eigenvalue weighted by atomic mass is 35.5. The minimum atomic E-state index is -4.69. The van der Waals surface area contributed by atoms with Crippen LogP contribution in [0.1, 0.15) is 21.5 Å². The zero-order valence-electron chi connectivity index (χ0n) is 17.9. The van der Waals surface area contributed by atoms with Gasteiger partial charge in [0.25, 0.3) is 0 Å². The van der Waals surface area contributed by atoms with E-state index in [0.717, 1.165) is 17.7 Å². The molecule has 10 heteroatoms. The van der Waals surface area contributed by atoms with Gasteiger partial charge < -0.3 is 10.5 Å². The van der Waals surface area contributed by atoms with Crippen LogP contribution in [0.15, 0.2) is 72.8 Å². The van der Waals surface area contributed by atoms with Gasteiger partial charge in [0.2, 0.25) is 0 Å². The number of rotatable bonds is 4. The molecular formula is C25H16ClF3N4O2. The van der Waals surface area contributed by atoms with E-state index in [4.69, 9.17) is 22.1 Å². The number of fused-ring (bicyclic) bond motifs is 2. The van der Waals surface area contributed by atoms with Crippen molar-refractivity contribution in [2.75, 3.05) is 5.73 Å². The molecule has 0 atom stereocenters. The van der Waals surface area contributed by atoms with Crippen molar-refractivity contribution >= 4 is 45.6 Å². The first-order valence-electron chi connectivity index (χ1n) is 10.4. The van der Waals surface area contributed by atoms with Crippen molar-refractivity contribution in [3.05, 3.63) is 94.5 Å². The lowest BCUT2D eigenvalue weighted by Gasteiger charge is -2.13. The van der Waals surface area contributed by atoms with E-state index in [-0.39, 0.29) is 34.8 Å². The molecule has 0 spiro atoms. The molecule has 2 heterocycles. The summed E-state index contributed by atoms with van der Waals surface area (Å²) in [6.07, 6.45) is -4.69. The molecule has 2 N–H and O–H groups in total. The Balaban J connectivity index is 1.70. The van der Waals surface area contributed by atoms with Crippen molar-refractivity contribution in [3.63, 3.8) is 0 Å². The summed E-state index contributed by atoms with van der Waals surface area (Å²) in [5.41, 5.74) is 7.19. The molecule has 2 aromatic heterocycles. The fourth-order valence-electron chi connectivity index (χ4n) is 3.79. The van der Waals surface area contributed by atoms with Gasteiger partial charge in [-0.2, -0.15) is 13.2 Å². The van der Waals surface area contributed by atoms with Gasteiger partial charge in [0.05, 0.1) is 21.6 Å². The number of hydrogen-bond donors (Lipinski definition) is 1. The lowest BCUT2D eigenvalue weighted by molar-refractivity contribution is -0.137. The first-order valence-corrected chi connectivity index (χ1v) is 10.8. The number of hydrogen-bond acceptors (Lipinski definition) is 5. The molecule has 0 unspecified atom stereocenters. The van der Waals surface area contributed by atoms with Gasteiger partial charge in [-0.1, -0.05) is 54.1 Å². The summed E-state index contributed by atoms with van der Waals surface area (Å²) in [6.45, 7) is -0.0219. The second-order valence-corrected chi connectivity index (χ2v) is 8.11. The standard InChI is InChI=1S/C25H16ClF3N4O2/c26-17-11-10-15(12-16(17)25(27,28)29)33-22(30)20(24(34)35-13-14-6-2-1-3-7-14)21-23(33)32-19-9-5-4-8-18(19)31-21/h1-12H,13,30H2. The number of esters is 1. The normalized spacial score (nSPS) is 11.8. The number of anilines is 1. The molecular weight excluding hydrogens is 481 g/mol. The quantitative estimate of drug-likeness (QED) is 0.300. The Kier molecular flexibility index (Phi) is 5.56. The third kappa shape index (κ3) is 4.15. The summed E-state index contributed by atoms with van der Waals surface area (Å²) < 4.78 is 47.3. The van der Waals surface area contributed by atoms with Crippen molar-refractivity contribution in [3.8, 4) is 5.69 Å². The number of para-hydroxylation sites is 2. The summed E-state index contributed by atoms with van der Waals surface area (Å²) in [5.74, 6) is -0.923. The van der Waals surface area contributed by atoms with E-state index in [9.17, 15) is 18.0 Å². The van der Waals surface area contributed by atoms with E-state index in [1.165, 1.54) is 10.6 Å². The molecule has 0 saturated carbocycles. The van der Waals surface area contributed by atoms with Gasteiger partial charge >= 0.3 is 12.1 Å². The molecule has 0 amide bonds. The van der Waals surface area contributed by atoms with Gasteiger partial charge in [-0.25, -0.2) is 14.8 Å². The predicted octanol–water partition coefficient (Wildman–Crippen LogP) is 6.19. The van der Waals surface area contributed by atoms with Gasteiger partial charge in [0, 0.05) is 5.69 Å². The van der Waals surface area contributed by atoms with Crippen LogP contribution in [0.4, 0.5) is 19.0 Å². The van der Waals surface area contributed by atoms with E-state index < -0.39 is 22.7 Å². The Morgan fingerprint density at radius 3 is 2.31 bits per heavy atom. The number of halogens is 4. The molecule has 35 heavy (non-hydrogen) atoms. The molecule has 0 fully saturated rings. The molecule has 0 aliphatic rings. The molecule has 5 aromatic rings. The van der Waals surface area contributed by atoms with Crippen LogP contribution in [0.2, 0.25) is 5.02 Å². The molecule has 0 aliphatic heterocycles. The third-order valence-corrected chi connectivity index (χ3v) is 5.76. The minimum absolute atomic E-state index is 0.0219. The topological polar surface area (TPSA) is 83.0 Å². The molecule has 0 saturated heterocycles. The highest BCUT2D eigenvalue weighted by Gasteiger charge is 2.34. The Hall–Kier alpha value is -4.11. The van der Waals surface area contributed by atoms with Crippen LogP contribution in [-0.2, 0) is 17.5 Å². The average molecular weight is 497 g/mol. The summed E-state index contributed by atoms with van der Waals surface area (Å²) in [7, 11) is 0. The number of benzene rings is 3. The van der Waals surface area contributed by atoms with Crippen LogP contribution in [0.5, 0.6) is 0 Å².